The highest BCUT2D eigenvalue weighted by atomic mass is 19.3. The van der Waals surface area contributed by atoms with E-state index in [9.17, 15) is 13.6 Å². The summed E-state index contributed by atoms with van der Waals surface area (Å²) in [5.74, 6) is -1.12. The number of nitrogens with two attached hydrogens (primary N) is 1. The van der Waals surface area contributed by atoms with Crippen molar-refractivity contribution in [2.24, 2.45) is 5.73 Å². The lowest BCUT2D eigenvalue weighted by atomic mass is 10.0. The van der Waals surface area contributed by atoms with Gasteiger partial charge in [0.05, 0.1) is 6.54 Å². The molecule has 1 fully saturated rings. The lowest BCUT2D eigenvalue weighted by molar-refractivity contribution is -0.142. The second-order valence-corrected chi connectivity index (χ2v) is 3.34. The van der Waals surface area contributed by atoms with Crippen LogP contribution in [0.2, 0.25) is 0 Å². The molecule has 1 atom stereocenters. The van der Waals surface area contributed by atoms with Crippen LogP contribution in [0.4, 0.5) is 8.78 Å². The van der Waals surface area contributed by atoms with Gasteiger partial charge in [-0.05, 0) is 6.42 Å². The first-order valence-corrected chi connectivity index (χ1v) is 3.97. The number of alkyl halides is 2. The number of carboxylic acids is 1. The molecule has 1 unspecified atom stereocenters. The number of hydrogen-bond donors (Lipinski definition) is 2. The molecule has 0 amide bonds. The molecule has 0 aromatic carbocycles. The summed E-state index contributed by atoms with van der Waals surface area (Å²) in [5, 5.41) is 8.69. The van der Waals surface area contributed by atoms with Crippen molar-refractivity contribution in [3.05, 3.63) is 0 Å². The van der Waals surface area contributed by atoms with Crippen LogP contribution in [0.5, 0.6) is 0 Å². The van der Waals surface area contributed by atoms with E-state index in [1.807, 2.05) is 0 Å². The lowest BCUT2D eigenvalue weighted by Gasteiger charge is -2.19. The van der Waals surface area contributed by atoms with Crippen molar-refractivity contribution >= 4 is 5.97 Å². The largest absolute Gasteiger partial charge is 0.480 e. The van der Waals surface area contributed by atoms with Gasteiger partial charge in [0.15, 0.2) is 0 Å². The predicted octanol–water partition coefficient (Wildman–Crippen LogP) is -0.261. The third-order valence-electron chi connectivity index (χ3n) is 2.20. The highest BCUT2D eigenvalue weighted by Crippen LogP contribution is 2.19. The lowest BCUT2D eigenvalue weighted by Crippen LogP contribution is -2.50. The Bertz CT molecular complexity index is 213. The van der Waals surface area contributed by atoms with E-state index in [2.05, 4.69) is 0 Å². The monoisotopic (exact) mass is 194 g/mol. The minimum Gasteiger partial charge on any atom is -0.480 e. The number of aliphatic carboxylic acids is 1. The quantitative estimate of drug-likeness (QED) is 0.649. The van der Waals surface area contributed by atoms with E-state index in [-0.39, 0.29) is 13.0 Å². The molecule has 0 aromatic heterocycles. The van der Waals surface area contributed by atoms with Gasteiger partial charge < -0.3 is 10.8 Å². The third-order valence-corrected chi connectivity index (χ3v) is 2.20. The fraction of sp³-hybridized carbons (Fsp3) is 0.857. The normalized spacial score (nSPS) is 29.8. The Balaban J connectivity index is 2.48. The molecule has 1 aliphatic heterocycles. The maximum absolute atomic E-state index is 11.9. The van der Waals surface area contributed by atoms with E-state index in [1.165, 1.54) is 4.90 Å². The van der Waals surface area contributed by atoms with Gasteiger partial charge in [-0.2, -0.15) is 0 Å². The minimum atomic E-state index is -2.43. The molecule has 4 nitrogen and oxygen atoms in total. The second-order valence-electron chi connectivity index (χ2n) is 3.34. The topological polar surface area (TPSA) is 66.6 Å². The van der Waals surface area contributed by atoms with Gasteiger partial charge >= 0.3 is 5.97 Å². The molecule has 1 rings (SSSR count). The molecule has 0 aromatic rings. The van der Waals surface area contributed by atoms with Gasteiger partial charge in [0.2, 0.25) is 0 Å². The molecule has 1 aliphatic rings. The number of hydrogen-bond acceptors (Lipinski definition) is 3. The Hall–Kier alpha value is -0.750. The summed E-state index contributed by atoms with van der Waals surface area (Å²) in [6.45, 7) is -0.0634. The van der Waals surface area contributed by atoms with Crippen LogP contribution in [0.15, 0.2) is 0 Å². The first-order chi connectivity index (χ1) is 5.94. The summed E-state index contributed by atoms with van der Waals surface area (Å²) in [6.07, 6.45) is -2.20. The molecular formula is C7H12F2N2O2. The Kier molecular flexibility index (Phi) is 2.82. The van der Waals surface area contributed by atoms with Gasteiger partial charge in [-0.25, -0.2) is 8.78 Å². The standard InChI is InChI=1S/C7H12F2N2O2/c8-5(9)3-11-2-1-7(10,4-11)6(12)13/h5H,1-4,10H2,(H,12,13). The second kappa shape index (κ2) is 3.55. The smallest absolute Gasteiger partial charge is 0.325 e. The first-order valence-electron chi connectivity index (χ1n) is 3.97. The molecule has 13 heavy (non-hydrogen) atoms. The molecule has 0 saturated carbocycles. The van der Waals surface area contributed by atoms with Gasteiger partial charge in [0.1, 0.15) is 5.54 Å². The van der Waals surface area contributed by atoms with Crippen LogP contribution in [0, 0.1) is 0 Å². The summed E-state index contributed by atoms with van der Waals surface area (Å²) >= 11 is 0. The number of carbonyl (C=O) groups is 1. The van der Waals surface area contributed by atoms with E-state index in [4.69, 9.17) is 10.8 Å². The van der Waals surface area contributed by atoms with Crippen molar-refractivity contribution in [2.75, 3.05) is 19.6 Å². The van der Waals surface area contributed by atoms with Crippen molar-refractivity contribution in [1.29, 1.82) is 0 Å². The molecule has 0 spiro atoms. The van der Waals surface area contributed by atoms with Gasteiger partial charge in [-0.3, -0.25) is 9.69 Å². The van der Waals surface area contributed by atoms with E-state index in [1.54, 1.807) is 0 Å². The average Bonchev–Trinajstić information content (AvgIpc) is 2.32. The summed E-state index contributed by atoms with van der Waals surface area (Å²) in [7, 11) is 0. The first kappa shape index (κ1) is 10.3. The highest BCUT2D eigenvalue weighted by Gasteiger charge is 2.41. The summed E-state index contributed by atoms with van der Waals surface area (Å²) in [4.78, 5) is 12.0. The fourth-order valence-electron chi connectivity index (χ4n) is 1.44. The van der Waals surface area contributed by atoms with E-state index in [0.29, 0.717) is 6.54 Å². The van der Waals surface area contributed by atoms with E-state index < -0.39 is 24.5 Å². The van der Waals surface area contributed by atoms with Crippen LogP contribution in [-0.2, 0) is 4.79 Å². The Labute approximate surface area is 74.3 Å². The van der Waals surface area contributed by atoms with Gasteiger partial charge in [0.25, 0.3) is 6.43 Å². The minimum absolute atomic E-state index is 0.00662. The molecule has 0 radical (unpaired) electrons. The van der Waals surface area contributed by atoms with Crippen molar-refractivity contribution < 1.29 is 18.7 Å². The van der Waals surface area contributed by atoms with Crippen LogP contribution < -0.4 is 5.73 Å². The van der Waals surface area contributed by atoms with Crippen molar-refractivity contribution in [3.8, 4) is 0 Å². The number of carboxylic acid groups (broad SMARTS) is 1. The Morgan fingerprint density at radius 3 is 2.69 bits per heavy atom. The molecule has 6 heteroatoms. The zero-order chi connectivity index (χ0) is 10.1. The number of rotatable bonds is 3. The summed E-state index contributed by atoms with van der Waals surface area (Å²) in [5.41, 5.74) is 4.14. The zero-order valence-corrected chi connectivity index (χ0v) is 7.04. The zero-order valence-electron chi connectivity index (χ0n) is 7.04. The van der Waals surface area contributed by atoms with Crippen LogP contribution in [0.25, 0.3) is 0 Å². The molecule has 76 valence electrons. The summed E-state index contributed by atoms with van der Waals surface area (Å²) < 4.78 is 23.8. The van der Waals surface area contributed by atoms with Crippen molar-refractivity contribution in [2.45, 2.75) is 18.4 Å². The third kappa shape index (κ3) is 2.35. The van der Waals surface area contributed by atoms with Gasteiger partial charge in [-0.15, -0.1) is 0 Å². The fourth-order valence-corrected chi connectivity index (χ4v) is 1.44. The number of nitrogens with zero attached hydrogens (tertiary/aromatic N) is 1. The molecular weight excluding hydrogens is 182 g/mol. The Morgan fingerprint density at radius 2 is 2.31 bits per heavy atom. The van der Waals surface area contributed by atoms with Crippen LogP contribution >= 0.6 is 0 Å². The number of likely N-dealkylation sites (tertiary alicyclic amines) is 1. The van der Waals surface area contributed by atoms with Gasteiger partial charge in [0, 0.05) is 13.1 Å². The van der Waals surface area contributed by atoms with E-state index in [0.717, 1.165) is 0 Å². The van der Waals surface area contributed by atoms with E-state index >= 15 is 0 Å². The molecule has 1 saturated heterocycles. The predicted molar refractivity (Wildman–Crippen MR) is 41.6 cm³/mol. The maximum Gasteiger partial charge on any atom is 0.325 e. The maximum atomic E-state index is 11.9. The van der Waals surface area contributed by atoms with Crippen LogP contribution in [0.1, 0.15) is 6.42 Å². The number of halogens is 2. The molecule has 0 aliphatic carbocycles. The molecule has 1 heterocycles. The molecule has 0 bridgehead atoms. The van der Waals surface area contributed by atoms with Crippen molar-refractivity contribution in [1.82, 2.24) is 4.90 Å². The van der Waals surface area contributed by atoms with Crippen LogP contribution in [0.3, 0.4) is 0 Å². The van der Waals surface area contributed by atoms with Crippen molar-refractivity contribution in [3.63, 3.8) is 0 Å². The van der Waals surface area contributed by atoms with Crippen LogP contribution in [-0.4, -0.2) is 47.6 Å². The SMILES string of the molecule is NC1(C(=O)O)CCN(CC(F)F)C1. The highest BCUT2D eigenvalue weighted by molar-refractivity contribution is 5.79. The Morgan fingerprint density at radius 1 is 1.69 bits per heavy atom. The molecule has 3 N–H and O–H groups in total. The average molecular weight is 194 g/mol. The summed E-state index contributed by atoms with van der Waals surface area (Å²) in [6, 6.07) is 0. The van der Waals surface area contributed by atoms with Gasteiger partial charge in [-0.1, -0.05) is 0 Å².